The van der Waals surface area contributed by atoms with Crippen molar-refractivity contribution in [1.82, 2.24) is 20.6 Å². The van der Waals surface area contributed by atoms with Crippen LogP contribution in [0.2, 0.25) is 0 Å². The van der Waals surface area contributed by atoms with E-state index in [1.807, 2.05) is 42.5 Å². The molecule has 0 saturated carbocycles. The van der Waals surface area contributed by atoms with Crippen LogP contribution in [0, 0.1) is 11.3 Å². The molecule has 2 amide bonds. The predicted molar refractivity (Wildman–Crippen MR) is 135 cm³/mol. The molecule has 4 heterocycles. The summed E-state index contributed by atoms with van der Waals surface area (Å²) in [6.07, 6.45) is 2.19. The van der Waals surface area contributed by atoms with E-state index in [0.29, 0.717) is 41.4 Å². The number of nitriles is 1. The molecule has 5 rings (SSSR count). The van der Waals surface area contributed by atoms with Gasteiger partial charge < -0.3 is 21.3 Å². The van der Waals surface area contributed by atoms with Gasteiger partial charge in [0.25, 0.3) is 0 Å². The summed E-state index contributed by atoms with van der Waals surface area (Å²) in [4.78, 5) is 34.2. The minimum Gasteiger partial charge on any atom is -0.324 e. The van der Waals surface area contributed by atoms with Gasteiger partial charge in [0.2, 0.25) is 11.8 Å². The second-order valence-corrected chi connectivity index (χ2v) is 9.70. The van der Waals surface area contributed by atoms with E-state index < -0.39 is 0 Å². The van der Waals surface area contributed by atoms with Crippen molar-refractivity contribution in [2.24, 2.45) is 0 Å². The van der Waals surface area contributed by atoms with Crippen LogP contribution in [0.25, 0.3) is 10.9 Å². The lowest BCUT2D eigenvalue weighted by atomic mass is 9.98. The summed E-state index contributed by atoms with van der Waals surface area (Å²) in [5, 5.41) is 22.8. The number of carbonyl (C=O) groups excluding carboxylic acids is 2. The summed E-state index contributed by atoms with van der Waals surface area (Å²) in [7, 11) is 0. The van der Waals surface area contributed by atoms with Gasteiger partial charge in [0.1, 0.15) is 17.6 Å². The highest BCUT2D eigenvalue weighted by molar-refractivity contribution is 8.00. The van der Waals surface area contributed by atoms with E-state index in [2.05, 4.69) is 31.2 Å². The van der Waals surface area contributed by atoms with Crippen LogP contribution in [0.4, 0.5) is 11.5 Å². The molecule has 9 nitrogen and oxygen atoms in total. The van der Waals surface area contributed by atoms with Gasteiger partial charge in [-0.15, -0.1) is 11.8 Å². The maximum Gasteiger partial charge on any atom is 0.235 e. The van der Waals surface area contributed by atoms with E-state index >= 15 is 0 Å². The van der Waals surface area contributed by atoms with Crippen LogP contribution in [0.15, 0.2) is 47.4 Å². The molecule has 2 atom stereocenters. The first kappa shape index (κ1) is 23.2. The van der Waals surface area contributed by atoms with E-state index in [4.69, 9.17) is 5.26 Å². The second-order valence-electron chi connectivity index (χ2n) is 8.68. The molecule has 0 aliphatic carbocycles. The van der Waals surface area contributed by atoms with Gasteiger partial charge in [-0.25, -0.2) is 9.97 Å². The highest BCUT2D eigenvalue weighted by Gasteiger charge is 2.23. The average Bonchev–Trinajstić information content (AvgIpc) is 2.88. The van der Waals surface area contributed by atoms with Crippen molar-refractivity contribution >= 4 is 46.0 Å². The van der Waals surface area contributed by atoms with Crippen molar-refractivity contribution in [3.8, 4) is 6.07 Å². The number of carbonyl (C=O) groups is 2. The molecule has 2 aromatic heterocycles. The van der Waals surface area contributed by atoms with Gasteiger partial charge in [0.15, 0.2) is 0 Å². The number of thioether (sulfide) groups is 1. The predicted octanol–water partition coefficient (Wildman–Crippen LogP) is 2.78. The number of pyridine rings is 2. The molecule has 3 aromatic rings. The number of benzene rings is 1. The fraction of sp³-hybridized carbons (Fsp3) is 0.320. The number of aromatic nitrogens is 2. The highest BCUT2D eigenvalue weighted by Crippen LogP contribution is 2.29. The highest BCUT2D eigenvalue weighted by atomic mass is 32.2. The zero-order chi connectivity index (χ0) is 24.2. The maximum absolute atomic E-state index is 12.7. The molecule has 1 aromatic carbocycles. The fourth-order valence-corrected chi connectivity index (χ4v) is 5.11. The summed E-state index contributed by atoms with van der Waals surface area (Å²) >= 11 is 1.51. The van der Waals surface area contributed by atoms with Gasteiger partial charge in [0.05, 0.1) is 27.5 Å². The number of para-hydroxylation sites is 1. The number of anilines is 2. The normalized spacial score (nSPS) is 19.5. The van der Waals surface area contributed by atoms with Gasteiger partial charge in [0, 0.05) is 37.0 Å². The Hall–Kier alpha value is -3.52. The van der Waals surface area contributed by atoms with Crippen molar-refractivity contribution in [2.75, 3.05) is 22.9 Å². The molecule has 10 heteroatoms. The molecular weight excluding hydrogens is 462 g/mol. The number of fused-ring (bicyclic) bond motifs is 2. The van der Waals surface area contributed by atoms with Crippen molar-refractivity contribution in [1.29, 1.82) is 5.26 Å². The Labute approximate surface area is 207 Å². The molecule has 1 fully saturated rings. The molecule has 1 saturated heterocycles. The summed E-state index contributed by atoms with van der Waals surface area (Å²) in [6.45, 7) is 1.38. The molecule has 0 bridgehead atoms. The van der Waals surface area contributed by atoms with Gasteiger partial charge in [-0.3, -0.25) is 9.59 Å². The Morgan fingerprint density at radius 2 is 2.09 bits per heavy atom. The zero-order valence-electron chi connectivity index (χ0n) is 19.0. The first-order chi connectivity index (χ1) is 17.1. The van der Waals surface area contributed by atoms with Crippen LogP contribution in [0.5, 0.6) is 0 Å². The van der Waals surface area contributed by atoms with Crippen molar-refractivity contribution < 1.29 is 9.59 Å². The van der Waals surface area contributed by atoms with E-state index in [1.165, 1.54) is 11.8 Å². The summed E-state index contributed by atoms with van der Waals surface area (Å²) in [5.74, 6) is 0.975. The first-order valence-electron chi connectivity index (χ1n) is 11.6. The van der Waals surface area contributed by atoms with E-state index in [9.17, 15) is 9.59 Å². The molecule has 2 unspecified atom stereocenters. The number of rotatable bonds is 6. The van der Waals surface area contributed by atoms with Crippen molar-refractivity contribution in [3.63, 3.8) is 0 Å². The Balaban J connectivity index is 1.10. The topological polar surface area (TPSA) is 132 Å². The molecule has 4 N–H and O–H groups in total. The lowest BCUT2D eigenvalue weighted by Crippen LogP contribution is -2.48. The fourth-order valence-electron chi connectivity index (χ4n) is 4.35. The standard InChI is InChI=1S/C25H25N7O2S/c26-11-17-5-4-15-2-1-3-20(24(15)29-17)31-22(33)10-16-6-7-18(12-27-16)28-13-19-8-9-21-25(30-19)32-23(34)14-35-21/h1-5,8-9,16,18,27-28H,6-7,10,12-14H2,(H,31,33)(H,30,32,34). The number of amides is 2. The summed E-state index contributed by atoms with van der Waals surface area (Å²) < 4.78 is 0. The average molecular weight is 488 g/mol. The minimum atomic E-state index is -0.0799. The number of piperidine rings is 1. The maximum atomic E-state index is 12.7. The van der Waals surface area contributed by atoms with Crippen LogP contribution in [-0.2, 0) is 16.1 Å². The summed E-state index contributed by atoms with van der Waals surface area (Å²) in [5.41, 5.74) is 2.44. The summed E-state index contributed by atoms with van der Waals surface area (Å²) in [6, 6.07) is 15.5. The van der Waals surface area contributed by atoms with Gasteiger partial charge in [-0.2, -0.15) is 5.26 Å². The molecule has 178 valence electrons. The van der Waals surface area contributed by atoms with Crippen LogP contribution in [0.1, 0.15) is 30.7 Å². The Morgan fingerprint density at radius 1 is 1.17 bits per heavy atom. The Bertz CT molecular complexity index is 1310. The third-order valence-electron chi connectivity index (χ3n) is 6.16. The quantitative estimate of drug-likeness (QED) is 0.417. The van der Waals surface area contributed by atoms with E-state index in [1.54, 1.807) is 6.07 Å². The Kier molecular flexibility index (Phi) is 6.90. The number of nitrogens with one attached hydrogen (secondary N) is 4. The van der Waals surface area contributed by atoms with Crippen LogP contribution in [-0.4, -0.2) is 46.2 Å². The number of hydrogen-bond donors (Lipinski definition) is 4. The van der Waals surface area contributed by atoms with Gasteiger partial charge >= 0.3 is 0 Å². The van der Waals surface area contributed by atoms with E-state index in [-0.39, 0.29) is 23.9 Å². The number of hydrogen-bond acceptors (Lipinski definition) is 8. The molecule has 2 aliphatic heterocycles. The van der Waals surface area contributed by atoms with Gasteiger partial charge in [-0.05, 0) is 43.2 Å². The van der Waals surface area contributed by atoms with Crippen molar-refractivity contribution in [3.05, 3.63) is 53.9 Å². The Morgan fingerprint density at radius 3 is 2.91 bits per heavy atom. The van der Waals surface area contributed by atoms with Crippen LogP contribution in [0.3, 0.4) is 0 Å². The monoisotopic (exact) mass is 487 g/mol. The second kappa shape index (κ2) is 10.4. The third-order valence-corrected chi connectivity index (χ3v) is 7.21. The molecular formula is C25H25N7O2S. The zero-order valence-corrected chi connectivity index (χ0v) is 19.8. The minimum absolute atomic E-state index is 0.0182. The van der Waals surface area contributed by atoms with Crippen LogP contribution >= 0.6 is 11.8 Å². The molecule has 0 spiro atoms. The van der Waals surface area contributed by atoms with E-state index in [0.717, 1.165) is 35.4 Å². The van der Waals surface area contributed by atoms with Crippen molar-refractivity contribution in [2.45, 2.75) is 42.8 Å². The SMILES string of the molecule is N#Cc1ccc2cccc(NC(=O)CC3CCC(NCc4ccc5c(n4)NC(=O)CS5)CN3)c2n1. The lowest BCUT2D eigenvalue weighted by Gasteiger charge is -2.30. The van der Waals surface area contributed by atoms with Gasteiger partial charge in [-0.1, -0.05) is 12.1 Å². The lowest BCUT2D eigenvalue weighted by molar-refractivity contribution is -0.117. The smallest absolute Gasteiger partial charge is 0.235 e. The third kappa shape index (κ3) is 5.59. The molecule has 0 radical (unpaired) electrons. The molecule has 35 heavy (non-hydrogen) atoms. The largest absolute Gasteiger partial charge is 0.324 e. The van der Waals surface area contributed by atoms with Crippen LogP contribution < -0.4 is 21.3 Å². The number of nitrogens with zero attached hydrogens (tertiary/aromatic N) is 3. The molecule has 2 aliphatic rings. The first-order valence-corrected chi connectivity index (χ1v) is 12.5.